The SMILES string of the molecule is CC(C)c1cccc(C(C)C)c1N=CCC(=O)C(C)(C)C. The van der Waals surface area contributed by atoms with E-state index in [0.29, 0.717) is 18.3 Å². The van der Waals surface area contributed by atoms with Gasteiger partial charge in [0.25, 0.3) is 0 Å². The Morgan fingerprint density at radius 3 is 1.95 bits per heavy atom. The van der Waals surface area contributed by atoms with Gasteiger partial charge in [-0.3, -0.25) is 9.79 Å². The molecule has 2 nitrogen and oxygen atoms in total. The molecule has 0 heterocycles. The van der Waals surface area contributed by atoms with Crippen LogP contribution in [0.3, 0.4) is 0 Å². The minimum Gasteiger partial charge on any atom is -0.299 e. The standard InChI is InChI=1S/C19H29NO/c1-13(2)15-9-8-10-16(14(3)4)18(15)20-12-11-17(21)19(5,6)7/h8-10,12-14H,11H2,1-7H3. The van der Waals surface area contributed by atoms with Crippen molar-refractivity contribution in [1.29, 1.82) is 0 Å². The van der Waals surface area contributed by atoms with Gasteiger partial charge in [0, 0.05) is 18.1 Å². The molecule has 0 aliphatic heterocycles. The van der Waals surface area contributed by atoms with Crippen LogP contribution in [-0.4, -0.2) is 12.0 Å². The molecule has 1 aromatic rings. The minimum absolute atomic E-state index is 0.222. The monoisotopic (exact) mass is 287 g/mol. The molecular formula is C19H29NO. The van der Waals surface area contributed by atoms with Crippen LogP contribution in [0.15, 0.2) is 23.2 Å². The largest absolute Gasteiger partial charge is 0.299 e. The highest BCUT2D eigenvalue weighted by Crippen LogP contribution is 2.34. The summed E-state index contributed by atoms with van der Waals surface area (Å²) in [7, 11) is 0. The number of benzene rings is 1. The highest BCUT2D eigenvalue weighted by atomic mass is 16.1. The van der Waals surface area contributed by atoms with Gasteiger partial charge in [0.15, 0.2) is 0 Å². The van der Waals surface area contributed by atoms with Crippen LogP contribution in [0.5, 0.6) is 0 Å². The number of hydrogen-bond donors (Lipinski definition) is 0. The van der Waals surface area contributed by atoms with Gasteiger partial charge < -0.3 is 0 Å². The molecule has 0 aromatic heterocycles. The molecule has 0 spiro atoms. The quantitative estimate of drug-likeness (QED) is 0.644. The number of rotatable bonds is 5. The summed E-state index contributed by atoms with van der Waals surface area (Å²) in [5, 5.41) is 0. The van der Waals surface area contributed by atoms with Crippen molar-refractivity contribution < 1.29 is 4.79 Å². The number of aliphatic imine (C=N–C) groups is 1. The van der Waals surface area contributed by atoms with Gasteiger partial charge in [-0.15, -0.1) is 0 Å². The smallest absolute Gasteiger partial charge is 0.143 e. The second-order valence-corrected chi connectivity index (χ2v) is 7.28. The van der Waals surface area contributed by atoms with E-state index < -0.39 is 0 Å². The number of Topliss-reactive ketones (excluding diaryl/α,β-unsaturated/α-hetero) is 1. The number of carbonyl (C=O) groups excluding carboxylic acids is 1. The molecule has 0 saturated heterocycles. The normalized spacial score (nSPS) is 12.6. The molecule has 0 amide bonds. The third-order valence-electron chi connectivity index (χ3n) is 3.68. The fourth-order valence-electron chi connectivity index (χ4n) is 2.19. The number of hydrogen-bond acceptors (Lipinski definition) is 2. The van der Waals surface area contributed by atoms with E-state index in [1.165, 1.54) is 11.1 Å². The van der Waals surface area contributed by atoms with Gasteiger partial charge in [0.1, 0.15) is 5.78 Å². The van der Waals surface area contributed by atoms with E-state index in [-0.39, 0.29) is 11.2 Å². The Morgan fingerprint density at radius 2 is 1.57 bits per heavy atom. The second-order valence-electron chi connectivity index (χ2n) is 7.28. The molecule has 0 atom stereocenters. The van der Waals surface area contributed by atoms with Crippen LogP contribution in [0, 0.1) is 5.41 Å². The van der Waals surface area contributed by atoms with Gasteiger partial charge in [-0.25, -0.2) is 0 Å². The summed E-state index contributed by atoms with van der Waals surface area (Å²) in [4.78, 5) is 16.7. The highest BCUT2D eigenvalue weighted by molar-refractivity contribution is 5.95. The first kappa shape index (κ1) is 17.6. The zero-order chi connectivity index (χ0) is 16.2. The van der Waals surface area contributed by atoms with Crippen molar-refractivity contribution in [2.24, 2.45) is 10.4 Å². The molecule has 0 aliphatic rings. The van der Waals surface area contributed by atoms with Gasteiger partial charge >= 0.3 is 0 Å². The van der Waals surface area contributed by atoms with Crippen LogP contribution in [0.2, 0.25) is 0 Å². The molecule has 0 aliphatic carbocycles. The highest BCUT2D eigenvalue weighted by Gasteiger charge is 2.20. The van der Waals surface area contributed by atoms with Crippen molar-refractivity contribution in [2.45, 2.75) is 66.7 Å². The molecule has 0 radical (unpaired) electrons. The molecule has 0 bridgehead atoms. The lowest BCUT2D eigenvalue weighted by molar-refractivity contribution is -0.124. The average Bonchev–Trinajstić information content (AvgIpc) is 2.36. The lowest BCUT2D eigenvalue weighted by Gasteiger charge is -2.17. The molecule has 2 heteroatoms. The van der Waals surface area contributed by atoms with Crippen LogP contribution >= 0.6 is 0 Å². The summed E-state index contributed by atoms with van der Waals surface area (Å²) in [5.41, 5.74) is 3.25. The molecular weight excluding hydrogens is 258 g/mol. The fourth-order valence-corrected chi connectivity index (χ4v) is 2.19. The Bertz CT molecular complexity index is 493. The maximum Gasteiger partial charge on any atom is 0.143 e. The van der Waals surface area contributed by atoms with Crippen molar-refractivity contribution >= 4 is 17.7 Å². The van der Waals surface area contributed by atoms with Crippen LogP contribution in [0.4, 0.5) is 5.69 Å². The van der Waals surface area contributed by atoms with Crippen molar-refractivity contribution in [1.82, 2.24) is 0 Å². The molecule has 0 saturated carbocycles. The summed E-state index contributed by atoms with van der Waals surface area (Å²) >= 11 is 0. The van der Waals surface area contributed by atoms with E-state index in [0.717, 1.165) is 5.69 Å². The van der Waals surface area contributed by atoms with Crippen LogP contribution in [-0.2, 0) is 4.79 Å². The van der Waals surface area contributed by atoms with Crippen molar-refractivity contribution in [2.75, 3.05) is 0 Å². The van der Waals surface area contributed by atoms with E-state index >= 15 is 0 Å². The van der Waals surface area contributed by atoms with Crippen molar-refractivity contribution in [3.05, 3.63) is 29.3 Å². The van der Waals surface area contributed by atoms with Gasteiger partial charge in [0.05, 0.1) is 5.69 Å². The number of para-hydroxylation sites is 1. The van der Waals surface area contributed by atoms with Gasteiger partial charge in [-0.05, 0) is 23.0 Å². The molecule has 1 aromatic carbocycles. The first-order valence-electron chi connectivity index (χ1n) is 7.83. The molecule has 0 fully saturated rings. The zero-order valence-corrected chi connectivity index (χ0v) is 14.5. The zero-order valence-electron chi connectivity index (χ0n) is 14.5. The summed E-state index contributed by atoms with van der Waals surface area (Å²) in [6, 6.07) is 6.37. The summed E-state index contributed by atoms with van der Waals surface area (Å²) in [6.07, 6.45) is 2.17. The molecule has 0 unspecified atom stereocenters. The topological polar surface area (TPSA) is 29.4 Å². The molecule has 1 rings (SSSR count). The number of ketones is 1. The van der Waals surface area contributed by atoms with Crippen LogP contribution in [0.25, 0.3) is 0 Å². The summed E-state index contributed by atoms with van der Waals surface area (Å²) in [6.45, 7) is 14.6. The third-order valence-corrected chi connectivity index (χ3v) is 3.68. The summed E-state index contributed by atoms with van der Waals surface area (Å²) in [5.74, 6) is 1.07. The summed E-state index contributed by atoms with van der Waals surface area (Å²) < 4.78 is 0. The van der Waals surface area contributed by atoms with Gasteiger partial charge in [0.2, 0.25) is 0 Å². The lowest BCUT2D eigenvalue weighted by atomic mass is 9.89. The third kappa shape index (κ3) is 4.80. The van der Waals surface area contributed by atoms with Crippen molar-refractivity contribution in [3.8, 4) is 0 Å². The predicted molar refractivity (Wildman–Crippen MR) is 91.9 cm³/mol. The Labute approximate surface area is 129 Å². The number of carbonyl (C=O) groups is 1. The Hall–Kier alpha value is -1.44. The van der Waals surface area contributed by atoms with Crippen molar-refractivity contribution in [3.63, 3.8) is 0 Å². The van der Waals surface area contributed by atoms with Crippen LogP contribution in [0.1, 0.15) is 77.8 Å². The van der Waals surface area contributed by atoms with E-state index in [2.05, 4.69) is 50.9 Å². The predicted octanol–water partition coefficient (Wildman–Crippen LogP) is 5.64. The Morgan fingerprint density at radius 1 is 1.10 bits per heavy atom. The Balaban J connectivity index is 3.08. The minimum atomic E-state index is -0.301. The number of nitrogens with zero attached hydrogens (tertiary/aromatic N) is 1. The maximum absolute atomic E-state index is 12.0. The maximum atomic E-state index is 12.0. The van der Waals surface area contributed by atoms with E-state index in [1.54, 1.807) is 6.21 Å². The average molecular weight is 287 g/mol. The van der Waals surface area contributed by atoms with E-state index in [1.807, 2.05) is 20.8 Å². The molecule has 0 N–H and O–H groups in total. The molecule has 116 valence electrons. The fraction of sp³-hybridized carbons (Fsp3) is 0.579. The molecule has 21 heavy (non-hydrogen) atoms. The van der Waals surface area contributed by atoms with Gasteiger partial charge in [-0.1, -0.05) is 66.7 Å². The van der Waals surface area contributed by atoms with Gasteiger partial charge in [-0.2, -0.15) is 0 Å². The first-order chi connectivity index (χ1) is 9.64. The van der Waals surface area contributed by atoms with E-state index in [9.17, 15) is 4.79 Å². The first-order valence-corrected chi connectivity index (χ1v) is 7.83. The van der Waals surface area contributed by atoms with Crippen LogP contribution < -0.4 is 0 Å². The second kappa shape index (κ2) is 7.02. The Kier molecular flexibility index (Phi) is 5.88. The van der Waals surface area contributed by atoms with E-state index in [4.69, 9.17) is 0 Å². The lowest BCUT2D eigenvalue weighted by Crippen LogP contribution is -2.19.